The fourth-order valence-electron chi connectivity index (χ4n) is 2.77. The first-order chi connectivity index (χ1) is 9.79. The highest BCUT2D eigenvalue weighted by Gasteiger charge is 2.31. The number of pyridine rings is 1. The molecule has 1 aromatic heterocycles. The standard InChI is InChI=1S/C16H17NO3/c1-19-13-7-4-8-14(13)20-16(18)15-12-6-3-2-5-11(12)9-10-17-15/h2-3,5-6,9-10,13-14H,4,7-8H2,1H3/t13-,14-/m0/s1. The quantitative estimate of drug-likeness (QED) is 0.805. The number of carbonyl (C=O) groups is 1. The summed E-state index contributed by atoms with van der Waals surface area (Å²) in [5.41, 5.74) is 0.379. The molecule has 2 atom stereocenters. The zero-order valence-corrected chi connectivity index (χ0v) is 11.4. The van der Waals surface area contributed by atoms with Crippen molar-refractivity contribution < 1.29 is 14.3 Å². The van der Waals surface area contributed by atoms with Gasteiger partial charge in [0.2, 0.25) is 0 Å². The molecule has 2 aromatic rings. The van der Waals surface area contributed by atoms with Gasteiger partial charge in [0.15, 0.2) is 5.69 Å². The van der Waals surface area contributed by atoms with Crippen LogP contribution in [-0.4, -0.2) is 30.3 Å². The van der Waals surface area contributed by atoms with Gasteiger partial charge < -0.3 is 9.47 Å². The Morgan fingerprint density at radius 1 is 1.20 bits per heavy atom. The number of benzene rings is 1. The van der Waals surface area contributed by atoms with E-state index in [2.05, 4.69) is 4.98 Å². The van der Waals surface area contributed by atoms with Gasteiger partial charge in [-0.1, -0.05) is 24.3 Å². The number of ether oxygens (including phenoxy) is 2. The molecule has 1 aromatic carbocycles. The van der Waals surface area contributed by atoms with Crippen LogP contribution in [0.1, 0.15) is 29.8 Å². The molecule has 4 nitrogen and oxygen atoms in total. The van der Waals surface area contributed by atoms with E-state index in [9.17, 15) is 4.79 Å². The third-order valence-electron chi connectivity index (χ3n) is 3.82. The zero-order chi connectivity index (χ0) is 13.9. The van der Waals surface area contributed by atoms with Crippen molar-refractivity contribution in [3.63, 3.8) is 0 Å². The average Bonchev–Trinajstić information content (AvgIpc) is 2.93. The molecule has 1 aliphatic rings. The maximum Gasteiger partial charge on any atom is 0.357 e. The Kier molecular flexibility index (Phi) is 3.65. The SMILES string of the molecule is CO[C@H]1CCC[C@@H]1OC(=O)c1nccc2ccccc12. The first-order valence-corrected chi connectivity index (χ1v) is 6.87. The van der Waals surface area contributed by atoms with Gasteiger partial charge in [0.1, 0.15) is 6.10 Å². The maximum absolute atomic E-state index is 12.3. The molecule has 0 radical (unpaired) electrons. The van der Waals surface area contributed by atoms with Crippen molar-refractivity contribution >= 4 is 16.7 Å². The van der Waals surface area contributed by atoms with Gasteiger partial charge in [-0.2, -0.15) is 0 Å². The summed E-state index contributed by atoms with van der Waals surface area (Å²) in [5.74, 6) is -0.365. The number of aromatic nitrogens is 1. The minimum atomic E-state index is -0.365. The van der Waals surface area contributed by atoms with E-state index in [1.54, 1.807) is 13.3 Å². The summed E-state index contributed by atoms with van der Waals surface area (Å²) in [4.78, 5) is 16.5. The Labute approximate surface area is 117 Å². The lowest BCUT2D eigenvalue weighted by Crippen LogP contribution is -2.28. The molecular weight excluding hydrogens is 254 g/mol. The Hall–Kier alpha value is -1.94. The Morgan fingerprint density at radius 2 is 2.00 bits per heavy atom. The van der Waals surface area contributed by atoms with Gasteiger partial charge in [-0.15, -0.1) is 0 Å². The second kappa shape index (κ2) is 5.59. The van der Waals surface area contributed by atoms with Crippen LogP contribution in [0.2, 0.25) is 0 Å². The highest BCUT2D eigenvalue weighted by molar-refractivity contribution is 6.02. The molecule has 1 aliphatic carbocycles. The lowest BCUT2D eigenvalue weighted by Gasteiger charge is -2.18. The van der Waals surface area contributed by atoms with Crippen molar-refractivity contribution in [1.82, 2.24) is 4.98 Å². The number of hydrogen-bond acceptors (Lipinski definition) is 4. The lowest BCUT2D eigenvalue weighted by atomic mass is 10.1. The van der Waals surface area contributed by atoms with Gasteiger partial charge in [0, 0.05) is 18.7 Å². The van der Waals surface area contributed by atoms with E-state index in [0.717, 1.165) is 30.0 Å². The molecule has 0 N–H and O–H groups in total. The van der Waals surface area contributed by atoms with Gasteiger partial charge in [-0.25, -0.2) is 9.78 Å². The molecule has 0 unspecified atom stereocenters. The number of fused-ring (bicyclic) bond motifs is 1. The molecule has 0 amide bonds. The van der Waals surface area contributed by atoms with Crippen molar-refractivity contribution in [3.8, 4) is 0 Å². The number of methoxy groups -OCH3 is 1. The summed E-state index contributed by atoms with van der Waals surface area (Å²) >= 11 is 0. The van der Waals surface area contributed by atoms with Crippen molar-refractivity contribution in [1.29, 1.82) is 0 Å². The first-order valence-electron chi connectivity index (χ1n) is 6.87. The van der Waals surface area contributed by atoms with Gasteiger partial charge >= 0.3 is 5.97 Å². The molecule has 4 heteroatoms. The number of hydrogen-bond donors (Lipinski definition) is 0. The van der Waals surface area contributed by atoms with Crippen LogP contribution in [0, 0.1) is 0 Å². The highest BCUT2D eigenvalue weighted by Crippen LogP contribution is 2.26. The van der Waals surface area contributed by atoms with Crippen LogP contribution >= 0.6 is 0 Å². The molecule has 104 valence electrons. The minimum absolute atomic E-state index is 0.00827. The van der Waals surface area contributed by atoms with Gasteiger partial charge in [0.25, 0.3) is 0 Å². The van der Waals surface area contributed by atoms with Crippen LogP contribution in [0.3, 0.4) is 0 Å². The van der Waals surface area contributed by atoms with E-state index in [-0.39, 0.29) is 18.2 Å². The zero-order valence-electron chi connectivity index (χ0n) is 11.4. The molecule has 1 fully saturated rings. The predicted molar refractivity (Wildman–Crippen MR) is 75.6 cm³/mol. The Bertz CT molecular complexity index is 621. The molecule has 3 rings (SSSR count). The smallest absolute Gasteiger partial charge is 0.357 e. The predicted octanol–water partition coefficient (Wildman–Crippen LogP) is 2.96. The highest BCUT2D eigenvalue weighted by atomic mass is 16.6. The van der Waals surface area contributed by atoms with Crippen molar-refractivity contribution in [2.24, 2.45) is 0 Å². The summed E-state index contributed by atoms with van der Waals surface area (Å²) in [5, 5.41) is 1.82. The fourth-order valence-corrected chi connectivity index (χ4v) is 2.77. The van der Waals surface area contributed by atoms with Crippen LogP contribution in [0.25, 0.3) is 10.8 Å². The molecule has 1 saturated carbocycles. The van der Waals surface area contributed by atoms with Crippen molar-refractivity contribution in [3.05, 3.63) is 42.2 Å². The fraction of sp³-hybridized carbons (Fsp3) is 0.375. The number of nitrogens with zero attached hydrogens (tertiary/aromatic N) is 1. The van der Waals surface area contributed by atoms with Gasteiger partial charge in [0.05, 0.1) is 6.10 Å². The topological polar surface area (TPSA) is 48.4 Å². The Balaban J connectivity index is 1.86. The van der Waals surface area contributed by atoms with E-state index >= 15 is 0 Å². The normalized spacial score (nSPS) is 22.1. The lowest BCUT2D eigenvalue weighted by molar-refractivity contribution is -0.0209. The summed E-state index contributed by atoms with van der Waals surface area (Å²) < 4.78 is 10.9. The summed E-state index contributed by atoms with van der Waals surface area (Å²) in [7, 11) is 1.66. The molecular formula is C16H17NO3. The minimum Gasteiger partial charge on any atom is -0.455 e. The first kappa shape index (κ1) is 13.1. The van der Waals surface area contributed by atoms with E-state index in [0.29, 0.717) is 5.69 Å². The number of esters is 1. The van der Waals surface area contributed by atoms with Gasteiger partial charge in [-0.05, 0) is 30.7 Å². The third kappa shape index (κ3) is 2.39. The van der Waals surface area contributed by atoms with Crippen LogP contribution in [0.15, 0.2) is 36.5 Å². The molecule has 1 heterocycles. The van der Waals surface area contributed by atoms with E-state index < -0.39 is 0 Å². The molecule has 0 saturated heterocycles. The van der Waals surface area contributed by atoms with Crippen molar-refractivity contribution in [2.45, 2.75) is 31.5 Å². The summed E-state index contributed by atoms with van der Waals surface area (Å²) in [6.07, 6.45) is 4.31. The van der Waals surface area contributed by atoms with Crippen LogP contribution in [0.5, 0.6) is 0 Å². The van der Waals surface area contributed by atoms with E-state index in [4.69, 9.17) is 9.47 Å². The number of rotatable bonds is 3. The molecule has 20 heavy (non-hydrogen) atoms. The van der Waals surface area contributed by atoms with E-state index in [1.807, 2.05) is 30.3 Å². The molecule has 0 spiro atoms. The maximum atomic E-state index is 12.3. The summed E-state index contributed by atoms with van der Waals surface area (Å²) in [6, 6.07) is 9.58. The van der Waals surface area contributed by atoms with Gasteiger partial charge in [-0.3, -0.25) is 0 Å². The average molecular weight is 271 g/mol. The number of carbonyl (C=O) groups excluding carboxylic acids is 1. The van der Waals surface area contributed by atoms with Crippen LogP contribution in [0.4, 0.5) is 0 Å². The largest absolute Gasteiger partial charge is 0.455 e. The summed E-state index contributed by atoms with van der Waals surface area (Å²) in [6.45, 7) is 0. The second-order valence-electron chi connectivity index (χ2n) is 5.03. The van der Waals surface area contributed by atoms with Crippen molar-refractivity contribution in [2.75, 3.05) is 7.11 Å². The monoisotopic (exact) mass is 271 g/mol. The van der Waals surface area contributed by atoms with Crippen LogP contribution < -0.4 is 0 Å². The van der Waals surface area contributed by atoms with E-state index in [1.165, 1.54) is 0 Å². The second-order valence-corrected chi connectivity index (χ2v) is 5.03. The molecule has 0 bridgehead atoms. The third-order valence-corrected chi connectivity index (χ3v) is 3.82. The Morgan fingerprint density at radius 3 is 2.85 bits per heavy atom. The van der Waals surface area contributed by atoms with Crippen LogP contribution in [-0.2, 0) is 9.47 Å². The molecule has 0 aliphatic heterocycles.